The highest BCUT2D eigenvalue weighted by Gasteiger charge is 2.30. The van der Waals surface area contributed by atoms with Crippen LogP contribution in [0.4, 0.5) is 5.00 Å². The van der Waals surface area contributed by atoms with E-state index in [0.29, 0.717) is 17.1 Å². The molecule has 6 nitrogen and oxygen atoms in total. The summed E-state index contributed by atoms with van der Waals surface area (Å²) in [6.45, 7) is 9.39. The van der Waals surface area contributed by atoms with Crippen molar-refractivity contribution < 1.29 is 14.3 Å². The Hall–Kier alpha value is -2.87. The molecule has 0 aliphatic carbocycles. The lowest BCUT2D eigenvalue weighted by molar-refractivity contribution is 0.102. The minimum absolute atomic E-state index is 0.00330. The first-order chi connectivity index (χ1) is 17.1. The molecule has 0 saturated carbocycles. The van der Waals surface area contributed by atoms with Crippen LogP contribution in [-0.2, 0) is 6.42 Å². The van der Waals surface area contributed by atoms with Crippen molar-refractivity contribution in [3.8, 4) is 11.5 Å². The highest BCUT2D eigenvalue weighted by molar-refractivity contribution is 7.16. The molecule has 2 aromatic carbocycles. The number of ether oxygens (including phenoxy) is 2. The van der Waals surface area contributed by atoms with E-state index in [1.54, 1.807) is 25.6 Å². The monoisotopic (exact) mass is 493 g/mol. The van der Waals surface area contributed by atoms with Gasteiger partial charge in [-0.1, -0.05) is 38.1 Å². The van der Waals surface area contributed by atoms with Crippen LogP contribution in [0.1, 0.15) is 46.3 Å². The Balaban J connectivity index is 1.76. The molecule has 7 heteroatoms. The minimum atomic E-state index is -0.0850. The van der Waals surface area contributed by atoms with E-state index in [4.69, 9.17) is 9.47 Å². The van der Waals surface area contributed by atoms with Gasteiger partial charge in [0.05, 0.1) is 20.3 Å². The molecule has 186 valence electrons. The number of hydrogen-bond acceptors (Lipinski definition) is 6. The van der Waals surface area contributed by atoms with E-state index in [-0.39, 0.29) is 11.9 Å². The van der Waals surface area contributed by atoms with Crippen LogP contribution in [0.2, 0.25) is 0 Å². The molecule has 4 rings (SSSR count). The molecule has 1 saturated heterocycles. The molecular weight excluding hydrogens is 458 g/mol. The van der Waals surface area contributed by atoms with Gasteiger partial charge in [0.15, 0.2) is 11.5 Å². The molecule has 35 heavy (non-hydrogen) atoms. The number of aryl methyl sites for hydroxylation is 1. The highest BCUT2D eigenvalue weighted by Crippen LogP contribution is 2.42. The van der Waals surface area contributed by atoms with E-state index in [0.717, 1.165) is 55.3 Å². The predicted molar refractivity (Wildman–Crippen MR) is 143 cm³/mol. The second-order valence-electron chi connectivity index (χ2n) is 8.66. The van der Waals surface area contributed by atoms with Crippen molar-refractivity contribution in [2.75, 3.05) is 52.3 Å². The van der Waals surface area contributed by atoms with E-state index in [1.807, 2.05) is 36.4 Å². The van der Waals surface area contributed by atoms with Crippen LogP contribution in [-0.4, -0.2) is 62.7 Å². The average Bonchev–Trinajstić information content (AvgIpc) is 3.31. The Labute approximate surface area is 212 Å². The molecule has 1 N–H and O–H groups in total. The smallest absolute Gasteiger partial charge is 0.256 e. The number of carbonyl (C=O) groups excluding carboxylic acids is 1. The van der Waals surface area contributed by atoms with Crippen molar-refractivity contribution in [1.82, 2.24) is 9.80 Å². The number of carbonyl (C=O) groups is 1. The summed E-state index contributed by atoms with van der Waals surface area (Å²) in [5, 5.41) is 4.14. The van der Waals surface area contributed by atoms with E-state index in [2.05, 4.69) is 47.2 Å². The Kier molecular flexibility index (Phi) is 8.44. The van der Waals surface area contributed by atoms with Gasteiger partial charge in [0.25, 0.3) is 5.91 Å². The largest absolute Gasteiger partial charge is 0.493 e. The van der Waals surface area contributed by atoms with Crippen molar-refractivity contribution in [2.24, 2.45) is 0 Å². The lowest BCUT2D eigenvalue weighted by Gasteiger charge is -2.39. The Morgan fingerprint density at radius 3 is 2.31 bits per heavy atom. The average molecular weight is 494 g/mol. The standard InChI is InChI=1S/C28H35N3O3S/c1-5-22-19-23(28(35-22)29-27(32)20-10-8-7-9-11-20)26(31-16-14-30(6-2)15-17-31)21-12-13-24(33-3)25(18-21)34-4/h7-13,18-19,26H,5-6,14-17H2,1-4H3,(H,29,32)/t26-/m0/s1. The van der Waals surface area contributed by atoms with Crippen LogP contribution >= 0.6 is 11.3 Å². The van der Waals surface area contributed by atoms with Crippen LogP contribution in [0.5, 0.6) is 11.5 Å². The first-order valence-electron chi connectivity index (χ1n) is 12.2. The summed E-state index contributed by atoms with van der Waals surface area (Å²) >= 11 is 1.67. The number of hydrogen-bond donors (Lipinski definition) is 1. The van der Waals surface area contributed by atoms with E-state index in [9.17, 15) is 4.79 Å². The number of benzene rings is 2. The van der Waals surface area contributed by atoms with Gasteiger partial charge >= 0.3 is 0 Å². The first kappa shape index (κ1) is 25.2. The zero-order valence-corrected chi connectivity index (χ0v) is 21.9. The molecular formula is C28H35N3O3S. The van der Waals surface area contributed by atoms with Gasteiger partial charge in [-0.25, -0.2) is 0 Å². The van der Waals surface area contributed by atoms with Crippen LogP contribution < -0.4 is 14.8 Å². The summed E-state index contributed by atoms with van der Waals surface area (Å²) < 4.78 is 11.1. The Morgan fingerprint density at radius 1 is 0.971 bits per heavy atom. The molecule has 1 fully saturated rings. The van der Waals surface area contributed by atoms with Crippen LogP contribution in [0.25, 0.3) is 0 Å². The third-order valence-corrected chi connectivity index (χ3v) is 7.87. The molecule has 0 bridgehead atoms. The zero-order valence-electron chi connectivity index (χ0n) is 21.0. The second-order valence-corrected chi connectivity index (χ2v) is 9.79. The highest BCUT2D eigenvalue weighted by atomic mass is 32.1. The molecule has 0 radical (unpaired) electrons. The molecule has 1 aromatic heterocycles. The van der Waals surface area contributed by atoms with E-state index in [1.165, 1.54) is 4.88 Å². The normalized spacial score (nSPS) is 15.5. The quantitative estimate of drug-likeness (QED) is 0.438. The fourth-order valence-corrected chi connectivity index (χ4v) is 5.67. The number of rotatable bonds is 9. The number of nitrogens with one attached hydrogen (secondary N) is 1. The number of piperazine rings is 1. The molecule has 0 unspecified atom stereocenters. The number of thiophene rings is 1. The van der Waals surface area contributed by atoms with Gasteiger partial charge in [0, 0.05) is 42.2 Å². The molecule has 1 aliphatic rings. The van der Waals surface area contributed by atoms with Gasteiger partial charge < -0.3 is 19.7 Å². The summed E-state index contributed by atoms with van der Waals surface area (Å²) in [6.07, 6.45) is 0.918. The maximum atomic E-state index is 13.1. The third kappa shape index (κ3) is 5.69. The van der Waals surface area contributed by atoms with Crippen molar-refractivity contribution in [2.45, 2.75) is 26.3 Å². The fourth-order valence-electron chi connectivity index (χ4n) is 4.65. The SMILES string of the molecule is CCc1cc([C@H](c2ccc(OC)c(OC)c2)N2CCN(CC)CC2)c(NC(=O)c2ccccc2)s1. The number of methoxy groups -OCH3 is 2. The van der Waals surface area contributed by atoms with Crippen LogP contribution in [0, 0.1) is 0 Å². The van der Waals surface area contributed by atoms with Gasteiger partial charge in [0.2, 0.25) is 0 Å². The summed E-state index contributed by atoms with van der Waals surface area (Å²) in [5.74, 6) is 1.34. The lowest BCUT2D eigenvalue weighted by atomic mass is 9.96. The topological polar surface area (TPSA) is 54.0 Å². The van der Waals surface area contributed by atoms with Gasteiger partial charge in [-0.05, 0) is 48.9 Å². The van der Waals surface area contributed by atoms with Crippen LogP contribution in [0.15, 0.2) is 54.6 Å². The number of amides is 1. The van der Waals surface area contributed by atoms with Crippen molar-refractivity contribution in [3.05, 3.63) is 76.2 Å². The van der Waals surface area contributed by atoms with E-state index < -0.39 is 0 Å². The summed E-state index contributed by atoms with van der Waals surface area (Å²) in [5.41, 5.74) is 2.92. The molecule has 2 heterocycles. The van der Waals surface area contributed by atoms with Crippen molar-refractivity contribution >= 4 is 22.2 Å². The molecule has 0 spiro atoms. The second kappa shape index (κ2) is 11.7. The summed E-state index contributed by atoms with van der Waals surface area (Å²) in [6, 6.07) is 17.8. The van der Waals surface area contributed by atoms with Gasteiger partial charge in [-0.15, -0.1) is 11.3 Å². The fraction of sp³-hybridized carbons (Fsp3) is 0.393. The first-order valence-corrected chi connectivity index (χ1v) is 13.1. The van der Waals surface area contributed by atoms with Crippen molar-refractivity contribution in [1.29, 1.82) is 0 Å². The number of nitrogens with zero attached hydrogens (tertiary/aromatic N) is 2. The van der Waals surface area contributed by atoms with Gasteiger partial charge in [-0.2, -0.15) is 0 Å². The number of likely N-dealkylation sites (N-methyl/N-ethyl adjacent to an activating group) is 1. The Bertz CT molecular complexity index is 1120. The van der Waals surface area contributed by atoms with Gasteiger partial charge in [-0.3, -0.25) is 9.69 Å². The zero-order chi connectivity index (χ0) is 24.8. The molecule has 1 amide bonds. The van der Waals surface area contributed by atoms with Gasteiger partial charge in [0.1, 0.15) is 5.00 Å². The van der Waals surface area contributed by atoms with Crippen molar-refractivity contribution in [3.63, 3.8) is 0 Å². The molecule has 1 aliphatic heterocycles. The molecule has 1 atom stereocenters. The van der Waals surface area contributed by atoms with E-state index >= 15 is 0 Å². The maximum Gasteiger partial charge on any atom is 0.256 e. The summed E-state index contributed by atoms with van der Waals surface area (Å²) in [7, 11) is 3.32. The van der Waals surface area contributed by atoms with Crippen LogP contribution in [0.3, 0.4) is 0 Å². The third-order valence-electron chi connectivity index (χ3n) is 6.66. The number of anilines is 1. The lowest BCUT2D eigenvalue weighted by Crippen LogP contribution is -2.47. The maximum absolute atomic E-state index is 13.1. The summed E-state index contributed by atoms with van der Waals surface area (Å²) in [4.78, 5) is 19.4. The Morgan fingerprint density at radius 2 is 1.69 bits per heavy atom. The predicted octanol–water partition coefficient (Wildman–Crippen LogP) is 5.31. The minimum Gasteiger partial charge on any atom is -0.493 e. The molecule has 3 aromatic rings.